The van der Waals surface area contributed by atoms with Crippen LogP contribution in [0.3, 0.4) is 0 Å². The van der Waals surface area contributed by atoms with Crippen molar-refractivity contribution in [1.29, 1.82) is 0 Å². The minimum absolute atomic E-state index is 0.131. The lowest BCUT2D eigenvalue weighted by molar-refractivity contribution is 0.0576. The van der Waals surface area contributed by atoms with E-state index in [9.17, 15) is 9.50 Å². The minimum Gasteiger partial charge on any atom is -0.383 e. The summed E-state index contributed by atoms with van der Waals surface area (Å²) in [6.45, 7) is 0. The number of benzene rings is 2. The van der Waals surface area contributed by atoms with Crippen LogP contribution in [0.1, 0.15) is 11.1 Å². The first-order valence-electron chi connectivity index (χ1n) is 5.93. The third-order valence-electron chi connectivity index (χ3n) is 3.06. The fourth-order valence-corrected chi connectivity index (χ4v) is 2.54. The third kappa shape index (κ3) is 3.44. The lowest BCUT2D eigenvalue weighted by Gasteiger charge is -2.27. The second kappa shape index (κ2) is 6.31. The fourth-order valence-electron chi connectivity index (χ4n) is 2.02. The van der Waals surface area contributed by atoms with Gasteiger partial charge >= 0.3 is 0 Å². The summed E-state index contributed by atoms with van der Waals surface area (Å²) in [6, 6.07) is 11.1. The molecule has 0 radical (unpaired) electrons. The van der Waals surface area contributed by atoms with Gasteiger partial charge in [-0.25, -0.2) is 4.39 Å². The van der Waals surface area contributed by atoms with E-state index in [1.165, 1.54) is 12.1 Å². The van der Waals surface area contributed by atoms with Crippen molar-refractivity contribution in [2.24, 2.45) is 0 Å². The molecule has 0 bridgehead atoms. The maximum Gasteiger partial charge on any atom is 0.130 e. The van der Waals surface area contributed by atoms with E-state index >= 15 is 0 Å². The van der Waals surface area contributed by atoms with Gasteiger partial charge in [0.1, 0.15) is 11.4 Å². The van der Waals surface area contributed by atoms with Crippen LogP contribution in [0, 0.1) is 5.82 Å². The maximum absolute atomic E-state index is 14.0. The number of halogens is 4. The highest BCUT2D eigenvalue weighted by atomic mass is 35.5. The van der Waals surface area contributed by atoms with Gasteiger partial charge < -0.3 is 5.11 Å². The first-order valence-corrected chi connectivity index (χ1v) is 7.22. The van der Waals surface area contributed by atoms with Gasteiger partial charge in [0.2, 0.25) is 0 Å². The summed E-state index contributed by atoms with van der Waals surface area (Å²) >= 11 is 17.4. The highest BCUT2D eigenvalue weighted by Crippen LogP contribution is 2.31. The predicted octanol–water partition coefficient (Wildman–Crippen LogP) is 4.80. The summed E-state index contributed by atoms with van der Waals surface area (Å²) in [4.78, 5) is 0. The van der Waals surface area contributed by atoms with Gasteiger partial charge in [-0.05, 0) is 29.8 Å². The SMILES string of the molecule is OC(CCl)(Cc1ccc(Cl)cc1)c1ccc(Cl)cc1F. The van der Waals surface area contributed by atoms with Crippen LogP contribution in [0.15, 0.2) is 42.5 Å². The molecule has 2 aromatic carbocycles. The molecule has 0 saturated heterocycles. The van der Waals surface area contributed by atoms with Crippen LogP contribution in [0.25, 0.3) is 0 Å². The topological polar surface area (TPSA) is 20.2 Å². The molecule has 5 heteroatoms. The number of hydrogen-bond acceptors (Lipinski definition) is 1. The van der Waals surface area contributed by atoms with E-state index in [0.29, 0.717) is 5.02 Å². The number of alkyl halides is 1. The maximum atomic E-state index is 14.0. The normalized spacial score (nSPS) is 14.1. The minimum atomic E-state index is -1.50. The van der Waals surface area contributed by atoms with Crippen LogP contribution in [0.4, 0.5) is 4.39 Å². The Morgan fingerprint density at radius 1 is 1.00 bits per heavy atom. The molecule has 1 N–H and O–H groups in total. The molecule has 0 aliphatic carbocycles. The molecule has 0 saturated carbocycles. The zero-order valence-electron chi connectivity index (χ0n) is 10.4. The molecule has 0 heterocycles. The summed E-state index contributed by atoms with van der Waals surface area (Å²) in [5.41, 5.74) is -0.553. The number of hydrogen-bond donors (Lipinski definition) is 1. The van der Waals surface area contributed by atoms with Gasteiger partial charge in [-0.1, -0.05) is 41.4 Å². The van der Waals surface area contributed by atoms with Crippen LogP contribution >= 0.6 is 34.8 Å². The largest absolute Gasteiger partial charge is 0.383 e. The van der Waals surface area contributed by atoms with E-state index in [2.05, 4.69) is 0 Å². The molecule has 0 spiro atoms. The Morgan fingerprint density at radius 3 is 2.15 bits per heavy atom. The van der Waals surface area contributed by atoms with E-state index in [1.807, 2.05) is 0 Å². The first-order chi connectivity index (χ1) is 9.44. The molecular weight excluding hydrogens is 322 g/mol. The predicted molar refractivity (Wildman–Crippen MR) is 81.2 cm³/mol. The Labute approximate surface area is 131 Å². The second-order valence-corrected chi connectivity index (χ2v) is 5.73. The average Bonchev–Trinajstić information content (AvgIpc) is 2.41. The van der Waals surface area contributed by atoms with Crippen molar-refractivity contribution in [3.63, 3.8) is 0 Å². The molecule has 0 aromatic heterocycles. The van der Waals surface area contributed by atoms with Gasteiger partial charge in [0.15, 0.2) is 0 Å². The fraction of sp³-hybridized carbons (Fsp3) is 0.200. The van der Waals surface area contributed by atoms with Gasteiger partial charge in [-0.15, -0.1) is 11.6 Å². The van der Waals surface area contributed by atoms with Crippen molar-refractivity contribution in [3.8, 4) is 0 Å². The molecular formula is C15H12Cl3FO. The molecule has 106 valence electrons. The summed E-state index contributed by atoms with van der Waals surface area (Å²) in [7, 11) is 0. The Morgan fingerprint density at radius 2 is 1.60 bits per heavy atom. The second-order valence-electron chi connectivity index (χ2n) is 4.59. The standard InChI is InChI=1S/C15H12Cl3FO/c16-9-15(20,8-10-1-3-11(17)4-2-10)13-6-5-12(18)7-14(13)19/h1-7,20H,8-9H2. The van der Waals surface area contributed by atoms with E-state index in [4.69, 9.17) is 34.8 Å². The van der Waals surface area contributed by atoms with Gasteiger partial charge in [-0.3, -0.25) is 0 Å². The van der Waals surface area contributed by atoms with Crippen molar-refractivity contribution in [1.82, 2.24) is 0 Å². The van der Waals surface area contributed by atoms with Crippen LogP contribution in [0.2, 0.25) is 10.0 Å². The molecule has 2 aromatic rings. The van der Waals surface area contributed by atoms with Crippen molar-refractivity contribution < 1.29 is 9.50 Å². The number of rotatable bonds is 4. The summed E-state index contributed by atoms with van der Waals surface area (Å²) in [5.74, 6) is -0.705. The van der Waals surface area contributed by atoms with Crippen molar-refractivity contribution in [3.05, 3.63) is 69.5 Å². The van der Waals surface area contributed by atoms with Crippen LogP contribution in [0.5, 0.6) is 0 Å². The van der Waals surface area contributed by atoms with Crippen LogP contribution in [-0.4, -0.2) is 11.0 Å². The zero-order valence-corrected chi connectivity index (χ0v) is 12.7. The first kappa shape index (κ1) is 15.6. The number of aliphatic hydroxyl groups is 1. The Bertz CT molecular complexity index is 601. The lowest BCUT2D eigenvalue weighted by Crippen LogP contribution is -2.31. The molecule has 0 amide bonds. The molecule has 1 unspecified atom stereocenters. The van der Waals surface area contributed by atoms with Crippen molar-refractivity contribution >= 4 is 34.8 Å². The molecule has 2 rings (SSSR count). The summed E-state index contributed by atoms with van der Waals surface area (Å²) in [5, 5.41) is 11.5. The van der Waals surface area contributed by atoms with Crippen LogP contribution in [-0.2, 0) is 12.0 Å². The molecule has 20 heavy (non-hydrogen) atoms. The summed E-state index contributed by atoms with van der Waals surface area (Å²) < 4.78 is 14.0. The Kier molecular flexibility index (Phi) is 4.92. The molecule has 0 aliphatic rings. The van der Waals surface area contributed by atoms with Gasteiger partial charge in [-0.2, -0.15) is 0 Å². The van der Waals surface area contributed by atoms with E-state index in [1.54, 1.807) is 24.3 Å². The third-order valence-corrected chi connectivity index (χ3v) is 3.99. The smallest absolute Gasteiger partial charge is 0.130 e. The Hall–Kier alpha value is -0.800. The molecule has 1 atom stereocenters. The van der Waals surface area contributed by atoms with Gasteiger partial charge in [0, 0.05) is 22.0 Å². The monoisotopic (exact) mass is 332 g/mol. The molecule has 0 aliphatic heterocycles. The van der Waals surface area contributed by atoms with Gasteiger partial charge in [0.05, 0.1) is 5.88 Å². The Balaban J connectivity index is 2.35. The van der Waals surface area contributed by atoms with Crippen LogP contribution < -0.4 is 0 Å². The van der Waals surface area contributed by atoms with E-state index in [-0.39, 0.29) is 22.9 Å². The highest BCUT2D eigenvalue weighted by molar-refractivity contribution is 6.30. The highest BCUT2D eigenvalue weighted by Gasteiger charge is 2.31. The summed E-state index contributed by atoms with van der Waals surface area (Å²) in [6.07, 6.45) is 0.187. The average molecular weight is 334 g/mol. The van der Waals surface area contributed by atoms with Crippen molar-refractivity contribution in [2.75, 3.05) is 5.88 Å². The van der Waals surface area contributed by atoms with Crippen molar-refractivity contribution in [2.45, 2.75) is 12.0 Å². The quantitative estimate of drug-likeness (QED) is 0.797. The molecule has 1 nitrogen and oxygen atoms in total. The van der Waals surface area contributed by atoms with E-state index < -0.39 is 11.4 Å². The lowest BCUT2D eigenvalue weighted by atomic mass is 9.88. The van der Waals surface area contributed by atoms with Gasteiger partial charge in [0.25, 0.3) is 0 Å². The van der Waals surface area contributed by atoms with E-state index in [0.717, 1.165) is 11.6 Å². The molecule has 0 fully saturated rings. The zero-order chi connectivity index (χ0) is 14.8.